The maximum atomic E-state index is 10.5. The molecule has 0 aromatic carbocycles. The van der Waals surface area contributed by atoms with Crippen LogP contribution >= 0.6 is 0 Å². The van der Waals surface area contributed by atoms with E-state index in [-0.39, 0.29) is 0 Å². The van der Waals surface area contributed by atoms with Crippen molar-refractivity contribution in [2.45, 2.75) is 39.7 Å². The fourth-order valence-electron chi connectivity index (χ4n) is 0.817. The van der Waals surface area contributed by atoms with Crippen molar-refractivity contribution in [2.24, 2.45) is 5.92 Å². The van der Waals surface area contributed by atoms with Gasteiger partial charge >= 0.3 is 74.6 Å². The van der Waals surface area contributed by atoms with Gasteiger partial charge in [0.05, 0.1) is 0 Å². The van der Waals surface area contributed by atoms with Crippen LogP contribution in [-0.4, -0.2) is 9.29 Å². The van der Waals surface area contributed by atoms with Gasteiger partial charge in [0.25, 0.3) is 0 Å². The average molecular weight is 196 g/mol. The van der Waals surface area contributed by atoms with E-state index in [0.717, 1.165) is 6.42 Å². The van der Waals surface area contributed by atoms with Crippen LogP contribution in [0.5, 0.6) is 0 Å². The first kappa shape index (κ1) is 11.4. The van der Waals surface area contributed by atoms with Crippen LogP contribution in [0.2, 0.25) is 0 Å². The van der Waals surface area contributed by atoms with Crippen LogP contribution in [0, 0.1) is 5.92 Å². The van der Waals surface area contributed by atoms with Crippen molar-refractivity contribution >= 4 is 0 Å². The maximum absolute atomic E-state index is 10.5. The molecule has 11 heavy (non-hydrogen) atoms. The summed E-state index contributed by atoms with van der Waals surface area (Å²) in [5.74, 6) is 0.311. The van der Waals surface area contributed by atoms with Crippen LogP contribution in [0.3, 0.4) is 0 Å². The second kappa shape index (κ2) is 4.46. The molecule has 0 saturated carbocycles. The van der Waals surface area contributed by atoms with Gasteiger partial charge in [-0.3, -0.25) is 0 Å². The summed E-state index contributed by atoms with van der Waals surface area (Å²) < 4.78 is 24.0. The zero-order chi connectivity index (χ0) is 9.07. The Bertz CT molecular complexity index is 145. The van der Waals surface area contributed by atoms with E-state index in [4.69, 9.17) is 7.01 Å². The summed E-state index contributed by atoms with van der Waals surface area (Å²) in [7, 11) is 0. The molecule has 1 N–H and O–H groups in total. The molecule has 0 fully saturated rings. The fraction of sp³-hybridized carbons (Fsp3) is 1.00. The number of hydrogen-bond donors (Lipinski definition) is 1. The van der Waals surface area contributed by atoms with Gasteiger partial charge in [-0.15, -0.1) is 0 Å². The van der Waals surface area contributed by atoms with Crippen LogP contribution in [0.15, 0.2) is 0 Å². The van der Waals surface area contributed by atoms with Gasteiger partial charge in [0, 0.05) is 0 Å². The summed E-state index contributed by atoms with van der Waals surface area (Å²) in [5.41, 5.74) is -0.458. The summed E-state index contributed by atoms with van der Waals surface area (Å²) in [6, 6.07) is 0. The summed E-state index contributed by atoms with van der Waals surface area (Å²) >= 11 is -3.36. The van der Waals surface area contributed by atoms with Crippen LogP contribution < -0.4 is 0 Å². The van der Waals surface area contributed by atoms with E-state index in [1.54, 1.807) is 0 Å². The molecule has 0 heterocycles. The Morgan fingerprint density at radius 2 is 2.09 bits per heavy atom. The molecule has 0 saturated heterocycles. The third-order valence-corrected chi connectivity index (χ3v) is 3.24. The molecule has 0 aliphatic heterocycles. The van der Waals surface area contributed by atoms with Crippen molar-refractivity contribution < 1.29 is 28.9 Å². The molecule has 0 amide bonds. The first-order valence-electron chi connectivity index (χ1n) is 3.82. The van der Waals surface area contributed by atoms with Gasteiger partial charge in [0.1, 0.15) is 0 Å². The van der Waals surface area contributed by atoms with Crippen LogP contribution in [0.1, 0.15) is 34.1 Å². The monoisotopic (exact) mass is 196 g/mol. The van der Waals surface area contributed by atoms with Gasteiger partial charge in [0.15, 0.2) is 0 Å². The Labute approximate surface area is 74.9 Å². The van der Waals surface area contributed by atoms with E-state index in [9.17, 15) is 3.32 Å². The minimum atomic E-state index is -3.36. The second-order valence-corrected chi connectivity index (χ2v) is 4.43. The van der Waals surface area contributed by atoms with Crippen LogP contribution in [0.25, 0.3) is 0 Å². The second-order valence-electron chi connectivity index (χ2n) is 3.28. The third kappa shape index (κ3) is 4.11. The van der Waals surface area contributed by atoms with E-state index >= 15 is 0 Å². The van der Waals surface area contributed by atoms with Crippen LogP contribution in [0.4, 0.5) is 0 Å². The van der Waals surface area contributed by atoms with Crippen molar-refractivity contribution in [1.29, 1.82) is 0 Å². The summed E-state index contributed by atoms with van der Waals surface area (Å²) in [4.78, 5) is 0. The molecule has 0 aliphatic carbocycles. The van der Waals surface area contributed by atoms with Gasteiger partial charge in [-0.1, -0.05) is 0 Å². The fourth-order valence-corrected chi connectivity index (χ4v) is 1.83. The van der Waals surface area contributed by atoms with Gasteiger partial charge in [-0.05, 0) is 0 Å². The van der Waals surface area contributed by atoms with Crippen molar-refractivity contribution in [3.05, 3.63) is 0 Å². The summed E-state index contributed by atoms with van der Waals surface area (Å²) in [6.07, 6.45) is 0.957. The molecule has 0 aromatic heterocycles. The summed E-state index contributed by atoms with van der Waals surface area (Å²) in [6.45, 7) is 7.75. The predicted molar refractivity (Wildman–Crippen MR) is 37.5 cm³/mol. The van der Waals surface area contributed by atoms with Gasteiger partial charge in [0.2, 0.25) is 0 Å². The number of hydrogen-bond acceptors (Lipinski definition) is 2. The third-order valence-electron chi connectivity index (χ3n) is 2.15. The molecule has 0 aromatic rings. The van der Waals surface area contributed by atoms with E-state index in [1.165, 1.54) is 0 Å². The minimum absolute atomic E-state index is 0.311. The molecule has 1 unspecified atom stereocenters. The Morgan fingerprint density at radius 1 is 1.64 bits per heavy atom. The molecular weight excluding hydrogens is 180 g/mol. The average Bonchev–Trinajstić information content (AvgIpc) is 1.83. The van der Waals surface area contributed by atoms with Gasteiger partial charge < -0.3 is 0 Å². The normalized spacial score (nSPS) is 14.6. The van der Waals surface area contributed by atoms with Crippen molar-refractivity contribution in [2.75, 3.05) is 0 Å². The van der Waals surface area contributed by atoms with Crippen molar-refractivity contribution in [1.82, 2.24) is 0 Å². The molecule has 0 aliphatic rings. The van der Waals surface area contributed by atoms with E-state index in [0.29, 0.717) is 5.92 Å². The van der Waals surface area contributed by atoms with E-state index in [1.807, 2.05) is 27.7 Å². The summed E-state index contributed by atoms with van der Waals surface area (Å²) in [5, 5.41) is 0. The van der Waals surface area contributed by atoms with E-state index in [2.05, 4.69) is 0 Å². The zero-order valence-corrected chi connectivity index (χ0v) is 9.11. The molecule has 0 bridgehead atoms. The van der Waals surface area contributed by atoms with Crippen molar-refractivity contribution in [3.63, 3.8) is 0 Å². The zero-order valence-electron chi connectivity index (χ0n) is 7.55. The SMILES string of the molecule is CCC(C)C(C)(C)[O][Ti](=[O])[OH]. The Kier molecular flexibility index (Phi) is 4.63. The molecule has 1 atom stereocenters. The molecular formula is C7H16O3Ti. The molecule has 0 spiro atoms. The van der Waals surface area contributed by atoms with Crippen LogP contribution in [-0.2, 0) is 25.3 Å². The Morgan fingerprint density at radius 3 is 2.36 bits per heavy atom. The molecule has 4 heteroatoms. The van der Waals surface area contributed by atoms with E-state index < -0.39 is 24.2 Å². The Hall–Kier alpha value is 0.434. The topological polar surface area (TPSA) is 46.5 Å². The Balaban J connectivity index is 4.08. The first-order valence-corrected chi connectivity index (χ1v) is 5.79. The molecule has 66 valence electrons. The molecule has 3 nitrogen and oxygen atoms in total. The molecule has 0 radical (unpaired) electrons. The standard InChI is InChI=1S/C7H15O.H2O.O.Ti/c1-5-6(2)7(3,4)8;;;/h6H,5H2,1-4H3;1H2;;/q-1;;;+2/p-1. The molecule has 0 rings (SSSR count). The first-order chi connectivity index (χ1) is 4.90. The van der Waals surface area contributed by atoms with Gasteiger partial charge in [-0.2, -0.15) is 0 Å². The number of rotatable bonds is 4. The predicted octanol–water partition coefficient (Wildman–Crippen LogP) is 1.61. The van der Waals surface area contributed by atoms with Gasteiger partial charge in [-0.25, -0.2) is 0 Å². The quantitative estimate of drug-likeness (QED) is 0.694. The van der Waals surface area contributed by atoms with Crippen molar-refractivity contribution in [3.8, 4) is 0 Å².